The number of nitrogens with two attached hydrogens (primary N) is 1. The van der Waals surface area contributed by atoms with Crippen molar-refractivity contribution in [3.05, 3.63) is 0 Å². The number of aliphatic hydroxyl groups excluding tert-OH is 2. The van der Waals surface area contributed by atoms with Crippen LogP contribution in [-0.4, -0.2) is 29.5 Å². The van der Waals surface area contributed by atoms with Crippen LogP contribution in [0.25, 0.3) is 0 Å². The average Bonchev–Trinajstić information content (AvgIpc) is 1.87. The van der Waals surface area contributed by atoms with Crippen LogP contribution in [0, 0.1) is 5.41 Å². The molecule has 0 rings (SSSR count). The summed E-state index contributed by atoms with van der Waals surface area (Å²) in [7, 11) is 0. The minimum Gasteiger partial charge on any atom is -0.396 e. The van der Waals surface area contributed by atoms with Gasteiger partial charge in [0.2, 0.25) is 0 Å². The summed E-state index contributed by atoms with van der Waals surface area (Å²) in [5, 5.41) is 17.6. The summed E-state index contributed by atoms with van der Waals surface area (Å²) in [6.45, 7) is 3.66. The lowest BCUT2D eigenvalue weighted by molar-refractivity contribution is 0.0584. The van der Waals surface area contributed by atoms with Crippen molar-refractivity contribution in [3.63, 3.8) is 0 Å². The summed E-state index contributed by atoms with van der Waals surface area (Å²) in [6.07, 6.45) is 0.653. The van der Waals surface area contributed by atoms with Gasteiger partial charge in [-0.25, -0.2) is 0 Å². The van der Waals surface area contributed by atoms with Crippen molar-refractivity contribution in [2.75, 3.05) is 13.2 Å². The highest BCUT2D eigenvalue weighted by molar-refractivity contribution is 4.75. The Morgan fingerprint density at radius 2 is 1.80 bits per heavy atom. The molecule has 0 fully saturated rings. The number of hydrogen-bond donors (Lipinski definition) is 3. The average molecular weight is 147 g/mol. The fourth-order valence-electron chi connectivity index (χ4n) is 0.956. The molecule has 0 bridgehead atoms. The highest BCUT2D eigenvalue weighted by atomic mass is 16.3. The van der Waals surface area contributed by atoms with Gasteiger partial charge >= 0.3 is 0 Å². The van der Waals surface area contributed by atoms with E-state index >= 15 is 0 Å². The van der Waals surface area contributed by atoms with Crippen molar-refractivity contribution in [2.45, 2.75) is 26.3 Å². The van der Waals surface area contributed by atoms with Crippen LogP contribution in [-0.2, 0) is 0 Å². The molecule has 0 amide bonds. The Morgan fingerprint density at radius 3 is 1.90 bits per heavy atom. The molecule has 0 aromatic carbocycles. The lowest BCUT2D eigenvalue weighted by atomic mass is 9.86. The molecule has 0 radical (unpaired) electrons. The summed E-state index contributed by atoms with van der Waals surface area (Å²) in [6, 6.07) is 0.0318. The standard InChI is InChI=1S/C7H17NO2/c1-6(8)3-7(2,4-9)5-10/h6,9-10H,3-5,8H2,1-2H3. The van der Waals surface area contributed by atoms with E-state index in [-0.39, 0.29) is 19.3 Å². The van der Waals surface area contributed by atoms with E-state index in [4.69, 9.17) is 15.9 Å². The van der Waals surface area contributed by atoms with Gasteiger partial charge in [0, 0.05) is 11.5 Å². The van der Waals surface area contributed by atoms with Gasteiger partial charge in [-0.15, -0.1) is 0 Å². The molecule has 0 aliphatic rings. The molecule has 10 heavy (non-hydrogen) atoms. The zero-order chi connectivity index (χ0) is 8.20. The van der Waals surface area contributed by atoms with Crippen LogP contribution in [0.3, 0.4) is 0 Å². The van der Waals surface area contributed by atoms with Crippen molar-refractivity contribution in [3.8, 4) is 0 Å². The molecule has 1 unspecified atom stereocenters. The maximum Gasteiger partial charge on any atom is 0.0507 e. The predicted molar refractivity (Wildman–Crippen MR) is 40.5 cm³/mol. The highest BCUT2D eigenvalue weighted by Crippen LogP contribution is 2.20. The summed E-state index contributed by atoms with van der Waals surface area (Å²) < 4.78 is 0. The van der Waals surface area contributed by atoms with E-state index in [1.165, 1.54) is 0 Å². The molecule has 1 atom stereocenters. The largest absolute Gasteiger partial charge is 0.396 e. The highest BCUT2D eigenvalue weighted by Gasteiger charge is 2.23. The number of hydrogen-bond acceptors (Lipinski definition) is 3. The van der Waals surface area contributed by atoms with E-state index in [9.17, 15) is 0 Å². The van der Waals surface area contributed by atoms with Gasteiger partial charge in [0.05, 0.1) is 13.2 Å². The summed E-state index contributed by atoms with van der Waals surface area (Å²) in [5.74, 6) is 0. The third-order valence-electron chi connectivity index (χ3n) is 1.58. The van der Waals surface area contributed by atoms with Crippen molar-refractivity contribution in [1.29, 1.82) is 0 Å². The lowest BCUT2D eigenvalue weighted by Crippen LogP contribution is -2.33. The lowest BCUT2D eigenvalue weighted by Gasteiger charge is -2.26. The predicted octanol–water partition coefficient (Wildman–Crippen LogP) is -0.285. The molecule has 0 aromatic rings. The zero-order valence-electron chi connectivity index (χ0n) is 6.67. The zero-order valence-corrected chi connectivity index (χ0v) is 6.67. The van der Waals surface area contributed by atoms with E-state index in [1.54, 1.807) is 0 Å². The fraction of sp³-hybridized carbons (Fsp3) is 1.00. The smallest absolute Gasteiger partial charge is 0.0507 e. The molecule has 3 heteroatoms. The van der Waals surface area contributed by atoms with Crippen LogP contribution >= 0.6 is 0 Å². The first-order chi connectivity index (χ1) is 4.54. The van der Waals surface area contributed by atoms with Crippen LogP contribution in [0.2, 0.25) is 0 Å². The second-order valence-corrected chi connectivity index (χ2v) is 3.31. The van der Waals surface area contributed by atoms with Gasteiger partial charge in [-0.05, 0) is 13.3 Å². The summed E-state index contributed by atoms with van der Waals surface area (Å²) in [5.41, 5.74) is 5.10. The molecule has 62 valence electrons. The minimum atomic E-state index is -0.409. The maximum absolute atomic E-state index is 8.82. The Hall–Kier alpha value is -0.120. The van der Waals surface area contributed by atoms with Gasteiger partial charge in [0.25, 0.3) is 0 Å². The van der Waals surface area contributed by atoms with Gasteiger partial charge in [0.15, 0.2) is 0 Å². The van der Waals surface area contributed by atoms with Crippen molar-refractivity contribution >= 4 is 0 Å². The van der Waals surface area contributed by atoms with Crippen LogP contribution in [0.4, 0.5) is 0 Å². The molecular formula is C7H17NO2. The Kier molecular flexibility index (Phi) is 3.86. The molecule has 3 nitrogen and oxygen atoms in total. The molecule has 0 spiro atoms. The second-order valence-electron chi connectivity index (χ2n) is 3.31. The SMILES string of the molecule is CC(N)CC(C)(CO)CO. The monoisotopic (exact) mass is 147 g/mol. The van der Waals surface area contributed by atoms with Gasteiger partial charge in [-0.1, -0.05) is 6.92 Å². The molecular weight excluding hydrogens is 130 g/mol. The van der Waals surface area contributed by atoms with E-state index in [0.29, 0.717) is 6.42 Å². The molecule has 0 aliphatic carbocycles. The molecule has 0 aromatic heterocycles. The quantitative estimate of drug-likeness (QED) is 0.512. The summed E-state index contributed by atoms with van der Waals surface area (Å²) in [4.78, 5) is 0. The van der Waals surface area contributed by atoms with Crippen LogP contribution in [0.1, 0.15) is 20.3 Å². The fourth-order valence-corrected chi connectivity index (χ4v) is 0.956. The minimum absolute atomic E-state index is 0.00889. The Balaban J connectivity index is 3.80. The second kappa shape index (κ2) is 3.91. The van der Waals surface area contributed by atoms with E-state index in [1.807, 2.05) is 13.8 Å². The van der Waals surface area contributed by atoms with E-state index in [2.05, 4.69) is 0 Å². The molecule has 0 saturated heterocycles. The Bertz CT molecular complexity index is 89.6. The molecule has 4 N–H and O–H groups in total. The van der Waals surface area contributed by atoms with Crippen molar-refractivity contribution in [1.82, 2.24) is 0 Å². The number of rotatable bonds is 4. The summed E-state index contributed by atoms with van der Waals surface area (Å²) >= 11 is 0. The first-order valence-corrected chi connectivity index (χ1v) is 3.51. The van der Waals surface area contributed by atoms with Gasteiger partial charge < -0.3 is 15.9 Å². The first-order valence-electron chi connectivity index (χ1n) is 3.51. The molecule has 0 aliphatic heterocycles. The molecule has 0 heterocycles. The normalized spacial score (nSPS) is 15.3. The van der Waals surface area contributed by atoms with Crippen molar-refractivity contribution < 1.29 is 10.2 Å². The first kappa shape index (κ1) is 9.88. The van der Waals surface area contributed by atoms with Gasteiger partial charge in [0.1, 0.15) is 0 Å². The van der Waals surface area contributed by atoms with Gasteiger partial charge in [-0.2, -0.15) is 0 Å². The third-order valence-corrected chi connectivity index (χ3v) is 1.58. The van der Waals surface area contributed by atoms with Crippen LogP contribution in [0.15, 0.2) is 0 Å². The van der Waals surface area contributed by atoms with Gasteiger partial charge in [-0.3, -0.25) is 0 Å². The Morgan fingerprint density at radius 1 is 1.40 bits per heavy atom. The topological polar surface area (TPSA) is 66.5 Å². The van der Waals surface area contributed by atoms with Crippen molar-refractivity contribution in [2.24, 2.45) is 11.1 Å². The third kappa shape index (κ3) is 3.15. The van der Waals surface area contributed by atoms with Crippen LogP contribution in [0.5, 0.6) is 0 Å². The van der Waals surface area contributed by atoms with E-state index in [0.717, 1.165) is 0 Å². The van der Waals surface area contributed by atoms with Crippen LogP contribution < -0.4 is 5.73 Å². The maximum atomic E-state index is 8.82. The van der Waals surface area contributed by atoms with E-state index < -0.39 is 5.41 Å². The number of aliphatic hydroxyl groups is 2. The Labute approximate surface area is 61.9 Å². The molecule has 0 saturated carbocycles.